The van der Waals surface area contributed by atoms with Gasteiger partial charge in [-0.05, 0) is 29.8 Å². The second kappa shape index (κ2) is 10.2. The predicted octanol–water partition coefficient (Wildman–Crippen LogP) is 2.39. The van der Waals surface area contributed by atoms with Crippen molar-refractivity contribution < 1.29 is 19.0 Å². The fourth-order valence-electron chi connectivity index (χ4n) is 3.23. The van der Waals surface area contributed by atoms with Crippen molar-refractivity contribution in [2.45, 2.75) is 13.1 Å². The molecule has 0 saturated carbocycles. The number of nitrogens with one attached hydrogen (secondary N) is 1. The van der Waals surface area contributed by atoms with Crippen molar-refractivity contribution >= 4 is 22.8 Å². The number of nitrogens with zero attached hydrogens (tertiary/aromatic N) is 2. The number of fused-ring (bicyclic) bond motifs is 1. The van der Waals surface area contributed by atoms with Gasteiger partial charge in [-0.25, -0.2) is 4.68 Å². The number of hydrogen-bond donors (Lipinski definition) is 1. The number of benzene rings is 2. The second-order valence-corrected chi connectivity index (χ2v) is 6.67. The van der Waals surface area contributed by atoms with Gasteiger partial charge in [0.1, 0.15) is 6.54 Å². The Kier molecular flexibility index (Phi) is 7.13. The van der Waals surface area contributed by atoms with Crippen LogP contribution in [0.3, 0.4) is 0 Å². The highest BCUT2D eigenvalue weighted by Crippen LogP contribution is 2.38. The van der Waals surface area contributed by atoms with Crippen molar-refractivity contribution in [2.75, 3.05) is 21.3 Å². The van der Waals surface area contributed by atoms with Crippen LogP contribution < -0.4 is 25.1 Å². The third-order valence-electron chi connectivity index (χ3n) is 4.73. The standard InChI is InChI=1S/C24H23N3O5/c1-5-12-27-24(29)18-9-7-6-8-17(18)19(26-27)15-25-22(28)11-10-16-13-20(30-2)23(32-4)21(14-16)31-3/h1,6-11,13-14H,12,15H2,2-4H3,(H,25,28)/b11-10+. The molecule has 1 amide bonds. The second-order valence-electron chi connectivity index (χ2n) is 6.67. The molecule has 0 unspecified atom stereocenters. The van der Waals surface area contributed by atoms with E-state index in [0.717, 1.165) is 0 Å². The minimum atomic E-state index is -0.334. The Morgan fingerprint density at radius 3 is 2.38 bits per heavy atom. The molecule has 0 aliphatic rings. The van der Waals surface area contributed by atoms with Gasteiger partial charge in [-0.15, -0.1) is 6.42 Å². The van der Waals surface area contributed by atoms with Gasteiger partial charge in [0.25, 0.3) is 5.56 Å². The van der Waals surface area contributed by atoms with E-state index in [9.17, 15) is 9.59 Å². The number of ether oxygens (including phenoxy) is 3. The number of carbonyl (C=O) groups excluding carboxylic acids is 1. The molecule has 32 heavy (non-hydrogen) atoms. The van der Waals surface area contributed by atoms with Crippen LogP contribution in [0.2, 0.25) is 0 Å². The van der Waals surface area contributed by atoms with Gasteiger partial charge in [0.2, 0.25) is 11.7 Å². The molecular weight excluding hydrogens is 410 g/mol. The first kappa shape index (κ1) is 22.4. The fraction of sp³-hybridized carbons (Fsp3) is 0.208. The van der Waals surface area contributed by atoms with E-state index in [2.05, 4.69) is 16.3 Å². The van der Waals surface area contributed by atoms with Crippen LogP contribution >= 0.6 is 0 Å². The maximum absolute atomic E-state index is 12.5. The van der Waals surface area contributed by atoms with Gasteiger partial charge in [-0.2, -0.15) is 5.10 Å². The third kappa shape index (κ3) is 4.73. The van der Waals surface area contributed by atoms with Crippen molar-refractivity contribution in [3.63, 3.8) is 0 Å². The summed E-state index contributed by atoms with van der Waals surface area (Å²) in [6.07, 6.45) is 8.36. The number of hydrogen-bond acceptors (Lipinski definition) is 6. The van der Waals surface area contributed by atoms with Crippen LogP contribution in [0.15, 0.2) is 47.3 Å². The van der Waals surface area contributed by atoms with Gasteiger partial charge in [0.05, 0.1) is 39.0 Å². The van der Waals surface area contributed by atoms with E-state index in [1.807, 2.05) is 6.07 Å². The molecule has 1 aromatic heterocycles. The molecule has 0 aliphatic carbocycles. The Hall–Kier alpha value is -4.25. The van der Waals surface area contributed by atoms with Gasteiger partial charge < -0.3 is 19.5 Å². The highest BCUT2D eigenvalue weighted by atomic mass is 16.5. The van der Waals surface area contributed by atoms with E-state index >= 15 is 0 Å². The molecule has 1 heterocycles. The summed E-state index contributed by atoms with van der Waals surface area (Å²) >= 11 is 0. The van der Waals surface area contributed by atoms with E-state index in [-0.39, 0.29) is 24.6 Å². The summed E-state index contributed by atoms with van der Waals surface area (Å²) < 4.78 is 17.2. The number of amides is 1. The van der Waals surface area contributed by atoms with Gasteiger partial charge >= 0.3 is 0 Å². The van der Waals surface area contributed by atoms with Gasteiger partial charge in [0, 0.05) is 11.5 Å². The first-order valence-electron chi connectivity index (χ1n) is 9.70. The first-order chi connectivity index (χ1) is 15.5. The number of carbonyl (C=O) groups is 1. The molecule has 3 aromatic rings. The lowest BCUT2D eigenvalue weighted by Gasteiger charge is -2.12. The minimum Gasteiger partial charge on any atom is -0.493 e. The molecule has 0 aliphatic heterocycles. The molecule has 8 heteroatoms. The van der Waals surface area contributed by atoms with Crippen LogP contribution in [-0.4, -0.2) is 37.0 Å². The summed E-state index contributed by atoms with van der Waals surface area (Å²) in [5.74, 6) is 3.52. The topological polar surface area (TPSA) is 91.7 Å². The molecule has 1 N–H and O–H groups in total. The summed E-state index contributed by atoms with van der Waals surface area (Å²) in [4.78, 5) is 24.9. The van der Waals surface area contributed by atoms with E-state index in [0.29, 0.717) is 39.3 Å². The van der Waals surface area contributed by atoms with Crippen molar-refractivity contribution in [1.29, 1.82) is 0 Å². The van der Waals surface area contributed by atoms with Crippen molar-refractivity contribution in [2.24, 2.45) is 0 Å². The molecule has 164 valence electrons. The van der Waals surface area contributed by atoms with E-state index < -0.39 is 0 Å². The largest absolute Gasteiger partial charge is 0.493 e. The summed E-state index contributed by atoms with van der Waals surface area (Å²) in [7, 11) is 4.57. The Bertz CT molecular complexity index is 1250. The van der Waals surface area contributed by atoms with Crippen LogP contribution in [-0.2, 0) is 17.9 Å². The normalized spacial score (nSPS) is 10.7. The molecular formula is C24H23N3O5. The summed E-state index contributed by atoms with van der Waals surface area (Å²) in [6.45, 7) is 0.176. The average molecular weight is 433 g/mol. The zero-order valence-corrected chi connectivity index (χ0v) is 18.0. The summed E-state index contributed by atoms with van der Waals surface area (Å²) in [5, 5.41) is 8.27. The SMILES string of the molecule is C#CCn1nc(CNC(=O)/C=C/c2cc(OC)c(OC)c(OC)c2)c2ccccc2c1=O. The summed E-state index contributed by atoms with van der Waals surface area (Å²) in [6, 6.07) is 10.5. The van der Waals surface area contributed by atoms with E-state index in [4.69, 9.17) is 20.6 Å². The van der Waals surface area contributed by atoms with Crippen LogP contribution in [0.5, 0.6) is 17.2 Å². The van der Waals surface area contributed by atoms with Crippen LogP contribution in [0, 0.1) is 12.3 Å². The molecule has 0 radical (unpaired) electrons. The molecule has 0 saturated heterocycles. The lowest BCUT2D eigenvalue weighted by atomic mass is 10.1. The first-order valence-corrected chi connectivity index (χ1v) is 9.70. The highest BCUT2D eigenvalue weighted by molar-refractivity contribution is 5.92. The van der Waals surface area contributed by atoms with Gasteiger partial charge in [-0.3, -0.25) is 9.59 Å². The number of rotatable bonds is 8. The zero-order valence-electron chi connectivity index (χ0n) is 18.0. The molecule has 2 aromatic carbocycles. The lowest BCUT2D eigenvalue weighted by molar-refractivity contribution is -0.116. The van der Waals surface area contributed by atoms with Gasteiger partial charge in [-0.1, -0.05) is 24.1 Å². The Morgan fingerprint density at radius 1 is 1.12 bits per heavy atom. The van der Waals surface area contributed by atoms with Crippen molar-refractivity contribution in [1.82, 2.24) is 15.1 Å². The lowest BCUT2D eigenvalue weighted by Crippen LogP contribution is -2.27. The Balaban J connectivity index is 1.81. The smallest absolute Gasteiger partial charge is 0.275 e. The van der Waals surface area contributed by atoms with Crippen LogP contribution in [0.25, 0.3) is 16.8 Å². The van der Waals surface area contributed by atoms with Crippen LogP contribution in [0.1, 0.15) is 11.3 Å². The maximum Gasteiger partial charge on any atom is 0.275 e. The maximum atomic E-state index is 12.5. The molecule has 0 spiro atoms. The predicted molar refractivity (Wildman–Crippen MR) is 122 cm³/mol. The van der Waals surface area contributed by atoms with Crippen LogP contribution in [0.4, 0.5) is 0 Å². The molecule has 0 bridgehead atoms. The number of methoxy groups -OCH3 is 3. The van der Waals surface area contributed by atoms with Crippen molar-refractivity contribution in [3.05, 3.63) is 64.1 Å². The third-order valence-corrected chi connectivity index (χ3v) is 4.73. The van der Waals surface area contributed by atoms with E-state index in [1.165, 1.54) is 32.1 Å². The Morgan fingerprint density at radius 2 is 1.78 bits per heavy atom. The van der Waals surface area contributed by atoms with E-state index in [1.54, 1.807) is 36.4 Å². The Labute approximate surface area is 185 Å². The monoisotopic (exact) mass is 433 g/mol. The quantitative estimate of drug-likeness (QED) is 0.433. The molecule has 0 fully saturated rings. The minimum absolute atomic E-state index is 0.0473. The van der Waals surface area contributed by atoms with Crippen molar-refractivity contribution in [3.8, 4) is 29.6 Å². The molecule has 8 nitrogen and oxygen atoms in total. The average Bonchev–Trinajstić information content (AvgIpc) is 2.82. The summed E-state index contributed by atoms with van der Waals surface area (Å²) in [5.41, 5.74) is 0.974. The van der Waals surface area contributed by atoms with Gasteiger partial charge in [0.15, 0.2) is 11.5 Å². The fourth-order valence-corrected chi connectivity index (χ4v) is 3.23. The molecule has 0 atom stereocenters. The molecule has 3 rings (SSSR count). The highest BCUT2D eigenvalue weighted by Gasteiger charge is 2.13. The zero-order chi connectivity index (χ0) is 23.1. The number of aromatic nitrogens is 2. The number of terminal acetylenes is 1.